The largest absolute Gasteiger partial charge is 0.365 e. The van der Waals surface area contributed by atoms with Gasteiger partial charge in [0.25, 0.3) is 0 Å². The maximum Gasteiger partial charge on any atom is 0.183 e. The van der Waals surface area contributed by atoms with Gasteiger partial charge in [-0.3, -0.25) is 9.78 Å². The molecule has 0 atom stereocenters. The van der Waals surface area contributed by atoms with Crippen LogP contribution in [0.2, 0.25) is 5.02 Å². The molecule has 29 heavy (non-hydrogen) atoms. The summed E-state index contributed by atoms with van der Waals surface area (Å²) in [6.07, 6.45) is 6.88. The van der Waals surface area contributed by atoms with Crippen molar-refractivity contribution >= 4 is 28.3 Å². The molecule has 9 heteroatoms. The maximum absolute atomic E-state index is 9.70. The Morgan fingerprint density at radius 2 is 2.14 bits per heavy atom. The highest BCUT2D eigenvalue weighted by atomic mass is 35.5. The summed E-state index contributed by atoms with van der Waals surface area (Å²) in [5.74, 6) is 0.497. The Balaban J connectivity index is 1.72. The van der Waals surface area contributed by atoms with Crippen molar-refractivity contribution in [3.63, 3.8) is 0 Å². The number of halogens is 1. The van der Waals surface area contributed by atoms with Crippen LogP contribution in [0.15, 0.2) is 30.6 Å². The Labute approximate surface area is 171 Å². The molecule has 1 aliphatic carbocycles. The van der Waals surface area contributed by atoms with Gasteiger partial charge < -0.3 is 5.32 Å². The molecule has 0 amide bonds. The summed E-state index contributed by atoms with van der Waals surface area (Å²) < 4.78 is 1.71. The van der Waals surface area contributed by atoms with Gasteiger partial charge in [-0.05, 0) is 37.5 Å². The highest BCUT2D eigenvalue weighted by Gasteiger charge is 2.23. The van der Waals surface area contributed by atoms with E-state index < -0.39 is 0 Å². The van der Waals surface area contributed by atoms with Gasteiger partial charge >= 0.3 is 0 Å². The number of hydrogen-bond donors (Lipinski definition) is 2. The van der Waals surface area contributed by atoms with Crippen LogP contribution >= 0.6 is 11.6 Å². The smallest absolute Gasteiger partial charge is 0.183 e. The van der Waals surface area contributed by atoms with Crippen molar-refractivity contribution in [2.75, 3.05) is 5.32 Å². The molecule has 2 N–H and O–H groups in total. The molecule has 1 saturated carbocycles. The van der Waals surface area contributed by atoms with Crippen molar-refractivity contribution in [3.8, 4) is 28.7 Å². The summed E-state index contributed by atoms with van der Waals surface area (Å²) in [5, 5.41) is 25.9. The fraction of sp³-hybridized carbons (Fsp3) is 0.250. The number of anilines is 1. The van der Waals surface area contributed by atoms with Crippen LogP contribution in [-0.4, -0.2) is 36.0 Å². The van der Waals surface area contributed by atoms with Crippen LogP contribution in [0.3, 0.4) is 0 Å². The zero-order valence-electron chi connectivity index (χ0n) is 15.6. The Morgan fingerprint density at radius 3 is 2.83 bits per heavy atom. The van der Waals surface area contributed by atoms with Crippen molar-refractivity contribution in [2.24, 2.45) is 7.05 Å². The number of aryl methyl sites for hydroxylation is 1. The molecule has 0 radical (unpaired) electrons. The zero-order chi connectivity index (χ0) is 20.0. The van der Waals surface area contributed by atoms with Crippen molar-refractivity contribution in [2.45, 2.75) is 25.3 Å². The lowest BCUT2D eigenvalue weighted by Gasteiger charge is -2.27. The minimum Gasteiger partial charge on any atom is -0.365 e. The average Bonchev–Trinajstić information content (AvgIpc) is 3.33. The molecule has 1 aromatic carbocycles. The average molecular weight is 405 g/mol. The summed E-state index contributed by atoms with van der Waals surface area (Å²) in [7, 11) is 1.85. The van der Waals surface area contributed by atoms with E-state index in [0.29, 0.717) is 34.0 Å². The summed E-state index contributed by atoms with van der Waals surface area (Å²) >= 11 is 6.44. The molecule has 0 saturated heterocycles. The van der Waals surface area contributed by atoms with Crippen LogP contribution in [-0.2, 0) is 7.05 Å². The SMILES string of the molecule is Cn1ccc(-c2nc(NC3CCC3)c(C#N)nc2-c2cc(Cl)c3[nH]ncc3c2)n1. The molecule has 1 aliphatic rings. The van der Waals surface area contributed by atoms with Gasteiger partial charge in [0, 0.05) is 30.2 Å². The molecule has 4 aromatic rings. The molecule has 0 unspecified atom stereocenters. The number of benzene rings is 1. The zero-order valence-corrected chi connectivity index (χ0v) is 16.4. The van der Waals surface area contributed by atoms with Gasteiger partial charge in [-0.2, -0.15) is 15.5 Å². The van der Waals surface area contributed by atoms with Gasteiger partial charge in [0.2, 0.25) is 0 Å². The molecule has 0 bridgehead atoms. The number of nitriles is 1. The van der Waals surface area contributed by atoms with E-state index in [1.54, 1.807) is 16.9 Å². The molecule has 3 heterocycles. The molecule has 1 fully saturated rings. The van der Waals surface area contributed by atoms with Crippen LogP contribution in [0.5, 0.6) is 0 Å². The van der Waals surface area contributed by atoms with Gasteiger partial charge in [-0.15, -0.1) is 0 Å². The number of hydrogen-bond acceptors (Lipinski definition) is 6. The molecular formula is C20H17ClN8. The first-order valence-electron chi connectivity index (χ1n) is 9.34. The van der Waals surface area contributed by atoms with Crippen LogP contribution in [0.1, 0.15) is 25.0 Å². The lowest BCUT2D eigenvalue weighted by atomic mass is 9.93. The first kappa shape index (κ1) is 17.6. The van der Waals surface area contributed by atoms with Gasteiger partial charge in [0.1, 0.15) is 23.2 Å². The third-order valence-corrected chi connectivity index (χ3v) is 5.48. The van der Waals surface area contributed by atoms with E-state index in [1.807, 2.05) is 25.4 Å². The number of H-pyrrole nitrogens is 1. The Bertz CT molecular complexity index is 1260. The Morgan fingerprint density at radius 1 is 1.28 bits per heavy atom. The molecule has 0 aliphatic heterocycles. The molecule has 8 nitrogen and oxygen atoms in total. The normalized spacial score (nSPS) is 14.0. The van der Waals surface area contributed by atoms with E-state index in [1.165, 1.54) is 6.42 Å². The number of aromatic nitrogens is 6. The number of aromatic amines is 1. The third-order valence-electron chi connectivity index (χ3n) is 5.18. The second kappa shape index (κ2) is 6.87. The fourth-order valence-corrected chi connectivity index (χ4v) is 3.70. The Kier molecular flexibility index (Phi) is 4.18. The number of nitrogens with one attached hydrogen (secondary N) is 2. The van der Waals surface area contributed by atoms with Gasteiger partial charge in [-0.1, -0.05) is 11.6 Å². The highest BCUT2D eigenvalue weighted by molar-refractivity contribution is 6.35. The lowest BCUT2D eigenvalue weighted by molar-refractivity contribution is 0.444. The van der Waals surface area contributed by atoms with E-state index >= 15 is 0 Å². The molecular weight excluding hydrogens is 388 g/mol. The van der Waals surface area contributed by atoms with E-state index in [2.05, 4.69) is 31.7 Å². The molecule has 144 valence electrons. The minimum atomic E-state index is 0.259. The summed E-state index contributed by atoms with van der Waals surface area (Å²) in [6, 6.07) is 8.12. The number of nitrogens with zero attached hydrogens (tertiary/aromatic N) is 6. The first-order valence-corrected chi connectivity index (χ1v) is 9.72. The predicted molar refractivity (Wildman–Crippen MR) is 110 cm³/mol. The maximum atomic E-state index is 9.70. The van der Waals surface area contributed by atoms with E-state index in [-0.39, 0.29) is 5.69 Å². The summed E-state index contributed by atoms with van der Waals surface area (Å²) in [5.41, 5.74) is 3.61. The van der Waals surface area contributed by atoms with Gasteiger partial charge in [0.05, 0.1) is 16.7 Å². The van der Waals surface area contributed by atoms with Crippen LogP contribution in [0.25, 0.3) is 33.5 Å². The van der Waals surface area contributed by atoms with Gasteiger partial charge in [0.15, 0.2) is 11.5 Å². The van der Waals surface area contributed by atoms with Crippen molar-refractivity contribution in [1.82, 2.24) is 29.9 Å². The molecule has 5 rings (SSSR count). The molecule has 0 spiro atoms. The molecule has 3 aromatic heterocycles. The first-order chi connectivity index (χ1) is 14.1. The lowest BCUT2D eigenvalue weighted by Crippen LogP contribution is -2.28. The Hall–Kier alpha value is -3.44. The second-order valence-corrected chi connectivity index (χ2v) is 7.58. The van der Waals surface area contributed by atoms with E-state index in [4.69, 9.17) is 16.6 Å². The predicted octanol–water partition coefficient (Wildman–Crippen LogP) is 3.91. The topological polar surface area (TPSA) is 108 Å². The van der Waals surface area contributed by atoms with Gasteiger partial charge in [-0.25, -0.2) is 9.97 Å². The quantitative estimate of drug-likeness (QED) is 0.533. The van der Waals surface area contributed by atoms with Crippen molar-refractivity contribution in [1.29, 1.82) is 5.26 Å². The van der Waals surface area contributed by atoms with Crippen LogP contribution in [0, 0.1) is 11.3 Å². The summed E-state index contributed by atoms with van der Waals surface area (Å²) in [6.45, 7) is 0. The van der Waals surface area contributed by atoms with Crippen molar-refractivity contribution in [3.05, 3.63) is 41.3 Å². The summed E-state index contributed by atoms with van der Waals surface area (Å²) in [4.78, 5) is 9.45. The fourth-order valence-electron chi connectivity index (χ4n) is 3.43. The van der Waals surface area contributed by atoms with Crippen LogP contribution < -0.4 is 5.32 Å². The second-order valence-electron chi connectivity index (χ2n) is 7.17. The van der Waals surface area contributed by atoms with E-state index in [9.17, 15) is 5.26 Å². The third kappa shape index (κ3) is 3.09. The van der Waals surface area contributed by atoms with Crippen LogP contribution in [0.4, 0.5) is 5.82 Å². The number of rotatable bonds is 4. The number of fused-ring (bicyclic) bond motifs is 1. The minimum absolute atomic E-state index is 0.259. The van der Waals surface area contributed by atoms with Crippen molar-refractivity contribution < 1.29 is 0 Å². The standard InChI is InChI=1S/C20H17ClN8/c1-29-6-5-15(28-29)19-18(11-7-12-10-23-27-17(12)14(21)8-11)25-16(9-22)20(26-19)24-13-3-2-4-13/h5-8,10,13H,2-4H2,1H3,(H,23,27)(H,24,26). The van der Waals surface area contributed by atoms with E-state index in [0.717, 1.165) is 29.3 Å². The monoisotopic (exact) mass is 404 g/mol. The highest BCUT2D eigenvalue weighted by Crippen LogP contribution is 2.35.